The minimum atomic E-state index is -3.69. The highest BCUT2D eigenvalue weighted by atomic mass is 32.2. The number of nitrogens with one attached hydrogen (secondary N) is 2. The van der Waals surface area contributed by atoms with E-state index in [2.05, 4.69) is 10.1 Å². The number of sulfonamides is 1. The van der Waals surface area contributed by atoms with E-state index in [1.54, 1.807) is 31.3 Å². The predicted octanol–water partition coefficient (Wildman–Crippen LogP) is 1.97. The van der Waals surface area contributed by atoms with Gasteiger partial charge >= 0.3 is 0 Å². The van der Waals surface area contributed by atoms with Crippen LogP contribution in [0.25, 0.3) is 0 Å². The van der Waals surface area contributed by atoms with Crippen LogP contribution in [0.15, 0.2) is 59.5 Å². The summed E-state index contributed by atoms with van der Waals surface area (Å²) in [6.07, 6.45) is 0. The molecule has 0 aromatic heterocycles. The fourth-order valence-corrected chi connectivity index (χ4v) is 2.92. The van der Waals surface area contributed by atoms with Gasteiger partial charge in [0.25, 0.3) is 10.0 Å². The van der Waals surface area contributed by atoms with Gasteiger partial charge in [0.2, 0.25) is 5.91 Å². The van der Waals surface area contributed by atoms with Crippen LogP contribution in [0.5, 0.6) is 0 Å². The topological polar surface area (TPSA) is 78.5 Å². The lowest BCUT2D eigenvalue weighted by molar-refractivity contribution is -0.114. The van der Waals surface area contributed by atoms with Crippen LogP contribution in [0, 0.1) is 0 Å². The first-order valence-electron chi connectivity index (χ1n) is 6.57. The number of nitrogens with zero attached hydrogens (tertiary/aromatic N) is 1. The van der Waals surface area contributed by atoms with Crippen LogP contribution >= 0.6 is 0 Å². The monoisotopic (exact) mass is 319 g/mol. The van der Waals surface area contributed by atoms with Gasteiger partial charge in [-0.05, 0) is 36.4 Å². The van der Waals surface area contributed by atoms with Crippen LogP contribution in [0.4, 0.5) is 11.4 Å². The molecule has 0 atom stereocenters. The highest BCUT2D eigenvalue weighted by Gasteiger charge is 2.16. The summed E-state index contributed by atoms with van der Waals surface area (Å²) in [5.41, 5.74) is 1.27. The van der Waals surface area contributed by atoms with Gasteiger partial charge in [-0.2, -0.15) is 0 Å². The molecule has 2 aromatic rings. The molecule has 0 bridgehead atoms. The average Bonchev–Trinajstić information content (AvgIpc) is 2.47. The van der Waals surface area contributed by atoms with E-state index in [0.717, 1.165) is 5.69 Å². The van der Waals surface area contributed by atoms with Gasteiger partial charge in [0.05, 0.1) is 10.6 Å². The molecule has 0 aliphatic carbocycles. The number of rotatable bonds is 5. The van der Waals surface area contributed by atoms with E-state index >= 15 is 0 Å². The number of hydrogen-bond acceptors (Lipinski definition) is 4. The number of hydrogen-bond donors (Lipinski definition) is 2. The lowest BCUT2D eigenvalue weighted by Gasteiger charge is -2.20. The van der Waals surface area contributed by atoms with Crippen LogP contribution in [-0.4, -0.2) is 21.4 Å². The molecule has 0 aliphatic rings. The van der Waals surface area contributed by atoms with Gasteiger partial charge in [-0.15, -0.1) is 4.83 Å². The van der Waals surface area contributed by atoms with Crippen molar-refractivity contribution in [2.45, 2.75) is 11.8 Å². The second-order valence-corrected chi connectivity index (χ2v) is 6.36. The molecule has 0 unspecified atom stereocenters. The van der Waals surface area contributed by atoms with E-state index in [1.807, 2.05) is 18.2 Å². The fraction of sp³-hybridized carbons (Fsp3) is 0.133. The van der Waals surface area contributed by atoms with Crippen molar-refractivity contribution < 1.29 is 13.2 Å². The Labute approximate surface area is 129 Å². The Morgan fingerprint density at radius 2 is 1.59 bits per heavy atom. The fourth-order valence-electron chi connectivity index (χ4n) is 1.86. The number of anilines is 2. The Kier molecular flexibility index (Phi) is 4.79. The maximum absolute atomic E-state index is 12.3. The highest BCUT2D eigenvalue weighted by Crippen LogP contribution is 2.16. The molecule has 2 N–H and O–H groups in total. The molecule has 22 heavy (non-hydrogen) atoms. The van der Waals surface area contributed by atoms with Gasteiger partial charge in [0, 0.05) is 19.7 Å². The Balaban J connectivity index is 2.15. The van der Waals surface area contributed by atoms with Crippen molar-refractivity contribution in [2.24, 2.45) is 0 Å². The van der Waals surface area contributed by atoms with Crippen molar-refractivity contribution in [3.05, 3.63) is 54.6 Å². The Hall–Kier alpha value is -2.38. The second-order valence-electron chi connectivity index (χ2n) is 4.69. The third kappa shape index (κ3) is 4.06. The number of carbonyl (C=O) groups excluding carboxylic acids is 1. The number of para-hydroxylation sites is 1. The maximum Gasteiger partial charge on any atom is 0.257 e. The lowest BCUT2D eigenvalue weighted by atomic mass is 10.3. The van der Waals surface area contributed by atoms with Crippen LogP contribution in [0.2, 0.25) is 0 Å². The molecule has 116 valence electrons. The molecule has 2 aromatic carbocycles. The van der Waals surface area contributed by atoms with Crippen molar-refractivity contribution in [1.82, 2.24) is 4.83 Å². The standard InChI is InChI=1S/C15H17N3O3S/c1-12(19)16-13-8-10-15(11-9-13)22(20,21)17-18(2)14-6-4-3-5-7-14/h3-11,17H,1-2H3,(H,16,19). The first kappa shape index (κ1) is 16.0. The smallest absolute Gasteiger partial charge is 0.257 e. The van der Waals surface area contributed by atoms with E-state index in [1.165, 1.54) is 24.1 Å². The zero-order valence-electron chi connectivity index (χ0n) is 12.3. The minimum absolute atomic E-state index is 0.115. The first-order chi connectivity index (χ1) is 10.4. The second kappa shape index (κ2) is 6.59. The van der Waals surface area contributed by atoms with Gasteiger partial charge in [-0.25, -0.2) is 8.42 Å². The molecule has 2 rings (SSSR count). The zero-order valence-corrected chi connectivity index (χ0v) is 13.1. The minimum Gasteiger partial charge on any atom is -0.326 e. The Bertz CT molecular complexity index is 743. The van der Waals surface area contributed by atoms with Gasteiger partial charge < -0.3 is 5.32 Å². The lowest BCUT2D eigenvalue weighted by Crippen LogP contribution is -2.39. The van der Waals surface area contributed by atoms with Gasteiger partial charge in [-0.1, -0.05) is 18.2 Å². The molecular formula is C15H17N3O3S. The van der Waals surface area contributed by atoms with Crippen LogP contribution in [0.3, 0.4) is 0 Å². The molecule has 0 aliphatic heterocycles. The third-order valence-corrected chi connectivity index (χ3v) is 4.29. The molecule has 1 amide bonds. The quantitative estimate of drug-likeness (QED) is 0.826. The zero-order chi connectivity index (χ0) is 16.2. The Morgan fingerprint density at radius 3 is 2.14 bits per heavy atom. The molecule has 0 spiro atoms. The van der Waals surface area contributed by atoms with Crippen LogP contribution < -0.4 is 15.2 Å². The summed E-state index contributed by atoms with van der Waals surface area (Å²) >= 11 is 0. The van der Waals surface area contributed by atoms with Crippen molar-refractivity contribution in [3.63, 3.8) is 0 Å². The van der Waals surface area contributed by atoms with Gasteiger partial charge in [0.15, 0.2) is 0 Å². The molecule has 7 heteroatoms. The van der Waals surface area contributed by atoms with E-state index in [4.69, 9.17) is 0 Å². The molecule has 0 heterocycles. The average molecular weight is 319 g/mol. The summed E-state index contributed by atoms with van der Waals surface area (Å²) < 4.78 is 24.6. The Morgan fingerprint density at radius 1 is 1.00 bits per heavy atom. The third-order valence-electron chi connectivity index (χ3n) is 2.89. The van der Waals surface area contributed by atoms with Crippen molar-refractivity contribution in [1.29, 1.82) is 0 Å². The number of benzene rings is 2. The van der Waals surface area contributed by atoms with E-state index in [0.29, 0.717) is 5.69 Å². The van der Waals surface area contributed by atoms with Crippen molar-refractivity contribution in [2.75, 3.05) is 17.4 Å². The summed E-state index contributed by atoms with van der Waals surface area (Å²) in [5.74, 6) is -0.211. The van der Waals surface area contributed by atoms with E-state index < -0.39 is 10.0 Å². The van der Waals surface area contributed by atoms with Crippen molar-refractivity contribution >= 4 is 27.3 Å². The first-order valence-corrected chi connectivity index (χ1v) is 8.06. The van der Waals surface area contributed by atoms with E-state index in [9.17, 15) is 13.2 Å². The summed E-state index contributed by atoms with van der Waals surface area (Å²) in [6.45, 7) is 1.39. The SMILES string of the molecule is CC(=O)Nc1ccc(S(=O)(=O)NN(C)c2ccccc2)cc1. The molecular weight excluding hydrogens is 302 g/mol. The number of carbonyl (C=O) groups is 1. The molecule has 6 nitrogen and oxygen atoms in total. The molecule has 0 saturated heterocycles. The molecule has 0 fully saturated rings. The summed E-state index contributed by atoms with van der Waals surface area (Å²) in [7, 11) is -2.07. The summed E-state index contributed by atoms with van der Waals surface area (Å²) in [4.78, 5) is 13.5. The van der Waals surface area contributed by atoms with Gasteiger partial charge in [-0.3, -0.25) is 9.80 Å². The number of hydrazine groups is 1. The normalized spacial score (nSPS) is 11.0. The molecule has 0 radical (unpaired) electrons. The maximum atomic E-state index is 12.3. The van der Waals surface area contributed by atoms with Crippen LogP contribution in [0.1, 0.15) is 6.92 Å². The van der Waals surface area contributed by atoms with Crippen molar-refractivity contribution in [3.8, 4) is 0 Å². The predicted molar refractivity (Wildman–Crippen MR) is 85.9 cm³/mol. The summed E-state index contributed by atoms with van der Waals surface area (Å²) in [6, 6.07) is 15.0. The highest BCUT2D eigenvalue weighted by molar-refractivity contribution is 7.89. The largest absolute Gasteiger partial charge is 0.326 e. The molecule has 0 saturated carbocycles. The van der Waals surface area contributed by atoms with E-state index in [-0.39, 0.29) is 10.8 Å². The summed E-state index contributed by atoms with van der Waals surface area (Å²) in [5, 5.41) is 4.01. The van der Waals surface area contributed by atoms with Crippen LogP contribution in [-0.2, 0) is 14.8 Å². The number of amides is 1. The van der Waals surface area contributed by atoms with Gasteiger partial charge in [0.1, 0.15) is 0 Å².